The van der Waals surface area contributed by atoms with Crippen molar-refractivity contribution in [1.29, 1.82) is 0 Å². The zero-order valence-corrected chi connectivity index (χ0v) is 20.5. The minimum atomic E-state index is 0. The van der Waals surface area contributed by atoms with E-state index in [0.717, 1.165) is 38.6 Å². The maximum atomic E-state index is 11.9. The van der Waals surface area contributed by atoms with Gasteiger partial charge in [0.2, 0.25) is 5.91 Å². The molecule has 6 heteroatoms. The summed E-state index contributed by atoms with van der Waals surface area (Å²) in [5.41, 5.74) is 2.92. The maximum absolute atomic E-state index is 11.9. The molecule has 2 aliphatic rings. The summed E-state index contributed by atoms with van der Waals surface area (Å²) in [6.07, 6.45) is 6.55. The molecular weight excluding hydrogens is 475 g/mol. The lowest BCUT2D eigenvalue weighted by Gasteiger charge is -2.29. The van der Waals surface area contributed by atoms with Gasteiger partial charge in [-0.2, -0.15) is 0 Å². The second kappa shape index (κ2) is 11.2. The molecule has 1 unspecified atom stereocenters. The van der Waals surface area contributed by atoms with Gasteiger partial charge in [-0.15, -0.1) is 24.0 Å². The van der Waals surface area contributed by atoms with Crippen molar-refractivity contribution in [3.8, 4) is 0 Å². The number of carbonyl (C=O) groups is 1. The normalized spacial score (nSPS) is 21.0. The summed E-state index contributed by atoms with van der Waals surface area (Å²) in [5.74, 6) is 1.13. The highest BCUT2D eigenvalue weighted by atomic mass is 127. The lowest BCUT2D eigenvalue weighted by atomic mass is 9.78. The molecule has 162 valence electrons. The van der Waals surface area contributed by atoms with Crippen molar-refractivity contribution in [2.75, 3.05) is 26.2 Å². The first-order chi connectivity index (χ1) is 13.6. The van der Waals surface area contributed by atoms with E-state index in [1.165, 1.54) is 36.8 Å². The summed E-state index contributed by atoms with van der Waals surface area (Å²) < 4.78 is 0. The average Bonchev–Trinajstić information content (AvgIpc) is 3.36. The van der Waals surface area contributed by atoms with Gasteiger partial charge < -0.3 is 15.5 Å². The van der Waals surface area contributed by atoms with Gasteiger partial charge in [0.15, 0.2) is 5.96 Å². The Balaban J connectivity index is 0.00000300. The van der Waals surface area contributed by atoms with E-state index in [4.69, 9.17) is 4.99 Å². The molecule has 5 nitrogen and oxygen atoms in total. The molecule has 1 saturated carbocycles. The standard InChI is InChI=1S/C23H36N4O.HI/c1-4-21(28)27-14-11-20(16-27)26-22(24-5-2)25-17-23(12-6-7-13-23)19-10-8-9-18(3)15-19;/h8-10,15,20H,4-7,11-14,16-17H2,1-3H3,(H2,24,25,26);1H. The van der Waals surface area contributed by atoms with Gasteiger partial charge in [0.25, 0.3) is 0 Å². The molecule has 1 heterocycles. The highest BCUT2D eigenvalue weighted by molar-refractivity contribution is 14.0. The van der Waals surface area contributed by atoms with Crippen molar-refractivity contribution in [1.82, 2.24) is 15.5 Å². The van der Waals surface area contributed by atoms with Gasteiger partial charge in [0.05, 0.1) is 6.54 Å². The van der Waals surface area contributed by atoms with Crippen molar-refractivity contribution < 1.29 is 4.79 Å². The molecule has 1 aromatic rings. The number of hydrogen-bond donors (Lipinski definition) is 2. The summed E-state index contributed by atoms with van der Waals surface area (Å²) in [6, 6.07) is 9.25. The molecule has 0 spiro atoms. The number of guanidine groups is 1. The number of hydrogen-bond acceptors (Lipinski definition) is 2. The molecule has 1 amide bonds. The van der Waals surface area contributed by atoms with Gasteiger partial charge in [-0.05, 0) is 38.7 Å². The number of amides is 1. The number of aryl methyl sites for hydroxylation is 1. The first-order valence-electron chi connectivity index (χ1n) is 11.0. The van der Waals surface area contributed by atoms with E-state index in [1.54, 1.807) is 0 Å². The Labute approximate surface area is 193 Å². The van der Waals surface area contributed by atoms with E-state index in [-0.39, 0.29) is 41.3 Å². The van der Waals surface area contributed by atoms with Crippen LogP contribution in [0.15, 0.2) is 29.3 Å². The maximum Gasteiger partial charge on any atom is 0.222 e. The number of carbonyl (C=O) groups excluding carboxylic acids is 1. The molecule has 0 aromatic heterocycles. The molecule has 3 rings (SSSR count). The number of aliphatic imine (C=N–C) groups is 1. The van der Waals surface area contributed by atoms with Crippen molar-refractivity contribution in [3.63, 3.8) is 0 Å². The van der Waals surface area contributed by atoms with Crippen LogP contribution in [0, 0.1) is 6.92 Å². The van der Waals surface area contributed by atoms with Crippen LogP contribution in [0.25, 0.3) is 0 Å². The third kappa shape index (κ3) is 6.09. The van der Waals surface area contributed by atoms with Crippen LogP contribution in [0.3, 0.4) is 0 Å². The van der Waals surface area contributed by atoms with E-state index in [0.29, 0.717) is 6.42 Å². The van der Waals surface area contributed by atoms with Crippen LogP contribution in [0.5, 0.6) is 0 Å². The van der Waals surface area contributed by atoms with Crippen LogP contribution >= 0.6 is 24.0 Å². The average molecular weight is 512 g/mol. The van der Waals surface area contributed by atoms with E-state index < -0.39 is 0 Å². The van der Waals surface area contributed by atoms with E-state index in [2.05, 4.69) is 48.7 Å². The van der Waals surface area contributed by atoms with Crippen molar-refractivity contribution in [2.45, 2.75) is 70.8 Å². The number of likely N-dealkylation sites (tertiary alicyclic amines) is 1. The molecular formula is C23H37IN4O. The molecule has 2 fully saturated rings. The molecule has 0 radical (unpaired) electrons. The Morgan fingerprint density at radius 1 is 1.28 bits per heavy atom. The van der Waals surface area contributed by atoms with Gasteiger partial charge in [-0.25, -0.2) is 0 Å². The fourth-order valence-electron chi connectivity index (χ4n) is 4.64. The molecule has 0 bridgehead atoms. The first kappa shape index (κ1) is 24.0. The molecule has 1 saturated heterocycles. The summed E-state index contributed by atoms with van der Waals surface area (Å²) in [5, 5.41) is 6.98. The minimum Gasteiger partial charge on any atom is -0.357 e. The lowest BCUT2D eigenvalue weighted by molar-refractivity contribution is -0.129. The Morgan fingerprint density at radius 3 is 2.69 bits per heavy atom. The number of halogens is 1. The van der Waals surface area contributed by atoms with Crippen LogP contribution in [0.4, 0.5) is 0 Å². The van der Waals surface area contributed by atoms with Crippen LogP contribution in [0.1, 0.15) is 63.5 Å². The number of nitrogens with zero attached hydrogens (tertiary/aromatic N) is 2. The van der Waals surface area contributed by atoms with Gasteiger partial charge in [-0.3, -0.25) is 9.79 Å². The highest BCUT2D eigenvalue weighted by Gasteiger charge is 2.35. The Morgan fingerprint density at radius 2 is 2.03 bits per heavy atom. The molecule has 1 aromatic carbocycles. The van der Waals surface area contributed by atoms with Gasteiger partial charge in [0, 0.05) is 37.5 Å². The van der Waals surface area contributed by atoms with E-state index in [1.807, 2.05) is 11.8 Å². The van der Waals surface area contributed by atoms with Gasteiger partial charge in [0.1, 0.15) is 0 Å². The van der Waals surface area contributed by atoms with Crippen LogP contribution in [-0.4, -0.2) is 49.0 Å². The number of benzene rings is 1. The molecule has 29 heavy (non-hydrogen) atoms. The first-order valence-corrected chi connectivity index (χ1v) is 11.0. The number of nitrogens with one attached hydrogen (secondary N) is 2. The predicted octanol–water partition coefficient (Wildman–Crippen LogP) is 3.99. The largest absolute Gasteiger partial charge is 0.357 e. The predicted molar refractivity (Wildman–Crippen MR) is 131 cm³/mol. The summed E-state index contributed by atoms with van der Waals surface area (Å²) in [6.45, 7) is 9.48. The molecule has 1 atom stereocenters. The van der Waals surface area contributed by atoms with Crippen molar-refractivity contribution in [3.05, 3.63) is 35.4 Å². The van der Waals surface area contributed by atoms with Crippen LogP contribution in [0.2, 0.25) is 0 Å². The van der Waals surface area contributed by atoms with Crippen molar-refractivity contribution in [2.24, 2.45) is 4.99 Å². The zero-order valence-electron chi connectivity index (χ0n) is 18.2. The van der Waals surface area contributed by atoms with Crippen molar-refractivity contribution >= 4 is 35.8 Å². The topological polar surface area (TPSA) is 56.7 Å². The third-order valence-electron chi connectivity index (χ3n) is 6.26. The van der Waals surface area contributed by atoms with Crippen LogP contribution in [-0.2, 0) is 10.2 Å². The smallest absolute Gasteiger partial charge is 0.222 e. The SMILES string of the molecule is CCNC(=NCC1(c2cccc(C)c2)CCCC1)NC1CCN(C(=O)CC)C1.I. The summed E-state index contributed by atoms with van der Waals surface area (Å²) in [7, 11) is 0. The Bertz CT molecular complexity index is 700. The molecule has 1 aliphatic heterocycles. The quantitative estimate of drug-likeness (QED) is 0.345. The van der Waals surface area contributed by atoms with E-state index >= 15 is 0 Å². The molecule has 1 aliphatic carbocycles. The Hall–Kier alpha value is -1.31. The zero-order chi connectivity index (χ0) is 20.0. The summed E-state index contributed by atoms with van der Waals surface area (Å²) >= 11 is 0. The monoisotopic (exact) mass is 512 g/mol. The fourth-order valence-corrected chi connectivity index (χ4v) is 4.64. The number of rotatable bonds is 6. The van der Waals surface area contributed by atoms with Crippen LogP contribution < -0.4 is 10.6 Å². The van der Waals surface area contributed by atoms with Gasteiger partial charge >= 0.3 is 0 Å². The second-order valence-electron chi connectivity index (χ2n) is 8.38. The van der Waals surface area contributed by atoms with E-state index in [9.17, 15) is 4.79 Å². The fraction of sp³-hybridized carbons (Fsp3) is 0.652. The van der Waals surface area contributed by atoms with Gasteiger partial charge in [-0.1, -0.05) is 49.6 Å². The highest BCUT2D eigenvalue weighted by Crippen LogP contribution is 2.41. The summed E-state index contributed by atoms with van der Waals surface area (Å²) in [4.78, 5) is 18.9. The third-order valence-corrected chi connectivity index (χ3v) is 6.26. The lowest BCUT2D eigenvalue weighted by Crippen LogP contribution is -2.45. The molecule has 2 N–H and O–H groups in total. The Kier molecular flexibility index (Phi) is 9.24. The second-order valence-corrected chi connectivity index (χ2v) is 8.38. The minimum absolute atomic E-state index is 0.